The van der Waals surface area contributed by atoms with Gasteiger partial charge in [-0.15, -0.1) is 0 Å². The highest BCUT2D eigenvalue weighted by Gasteiger charge is 2.27. The first kappa shape index (κ1) is 21.8. The average Bonchev–Trinajstić information content (AvgIpc) is 3.05. The number of nitrogens with zero attached hydrogens (tertiary/aromatic N) is 2. The largest absolute Gasteiger partial charge is 0.444 e. The van der Waals surface area contributed by atoms with E-state index in [9.17, 15) is 13.6 Å². The Bertz CT molecular complexity index is 1010. The number of halogens is 2. The summed E-state index contributed by atoms with van der Waals surface area (Å²) in [6.07, 6.45) is 5.38. The molecular weight excluding hydrogens is 400 g/mol. The van der Waals surface area contributed by atoms with Gasteiger partial charge in [-0.25, -0.2) is 13.6 Å². The highest BCUT2D eigenvalue weighted by atomic mass is 19.2. The third kappa shape index (κ3) is 4.91. The molecule has 2 heterocycles. The van der Waals surface area contributed by atoms with Crippen molar-refractivity contribution in [3.63, 3.8) is 0 Å². The molecule has 1 unspecified atom stereocenters. The smallest absolute Gasteiger partial charge is 0.410 e. The van der Waals surface area contributed by atoms with Crippen molar-refractivity contribution in [2.45, 2.75) is 64.9 Å². The van der Waals surface area contributed by atoms with Crippen LogP contribution in [0.4, 0.5) is 13.6 Å². The quantitative estimate of drug-likeness (QED) is 0.687. The zero-order valence-electron chi connectivity index (χ0n) is 18.6. The molecule has 2 aromatic rings. The van der Waals surface area contributed by atoms with E-state index in [1.165, 1.54) is 12.1 Å². The van der Waals surface area contributed by atoms with E-state index < -0.39 is 17.2 Å². The van der Waals surface area contributed by atoms with Crippen molar-refractivity contribution in [3.8, 4) is 0 Å². The van der Waals surface area contributed by atoms with Crippen molar-refractivity contribution in [3.05, 3.63) is 35.0 Å². The minimum Gasteiger partial charge on any atom is -0.444 e. The van der Waals surface area contributed by atoms with Crippen molar-refractivity contribution >= 4 is 22.7 Å². The number of carbonyl (C=O) groups excluding carboxylic acids is 1. The number of aromatic nitrogens is 1. The Morgan fingerprint density at radius 3 is 2.77 bits per heavy atom. The van der Waals surface area contributed by atoms with Crippen LogP contribution in [0, 0.1) is 17.6 Å². The van der Waals surface area contributed by atoms with Crippen LogP contribution in [0.25, 0.3) is 10.9 Å². The van der Waals surface area contributed by atoms with E-state index in [0.717, 1.165) is 67.4 Å². The SMILES string of the molecule is CC(C)(C)OC(=O)N1CCCC(CCN=C2CCCc3c2[nH]c2cc(F)c(F)cc32)C1. The first-order valence-corrected chi connectivity index (χ1v) is 11.2. The van der Waals surface area contributed by atoms with Crippen molar-refractivity contribution in [2.75, 3.05) is 19.6 Å². The molecule has 1 aromatic heterocycles. The van der Waals surface area contributed by atoms with E-state index in [-0.39, 0.29) is 6.09 Å². The van der Waals surface area contributed by atoms with E-state index >= 15 is 0 Å². The van der Waals surface area contributed by atoms with E-state index in [1.54, 1.807) is 0 Å². The predicted molar refractivity (Wildman–Crippen MR) is 118 cm³/mol. The monoisotopic (exact) mass is 431 g/mol. The fourth-order valence-electron chi connectivity index (χ4n) is 4.64. The van der Waals surface area contributed by atoms with E-state index in [1.807, 2.05) is 25.7 Å². The van der Waals surface area contributed by atoms with Gasteiger partial charge in [0.05, 0.1) is 11.4 Å². The summed E-state index contributed by atoms with van der Waals surface area (Å²) in [5.41, 5.74) is 3.08. The Labute approximate surface area is 181 Å². The zero-order valence-corrected chi connectivity index (χ0v) is 18.6. The van der Waals surface area contributed by atoms with Gasteiger partial charge in [-0.05, 0) is 76.8 Å². The van der Waals surface area contributed by atoms with Crippen molar-refractivity contribution < 1.29 is 18.3 Å². The van der Waals surface area contributed by atoms with Crippen molar-refractivity contribution in [2.24, 2.45) is 10.9 Å². The summed E-state index contributed by atoms with van der Waals surface area (Å²) < 4.78 is 32.9. The van der Waals surface area contributed by atoms with Gasteiger partial charge in [0.25, 0.3) is 0 Å². The Kier molecular flexibility index (Phi) is 6.04. The van der Waals surface area contributed by atoms with Gasteiger partial charge >= 0.3 is 6.09 Å². The molecule has 4 rings (SSSR count). The average molecular weight is 432 g/mol. The second kappa shape index (κ2) is 8.60. The van der Waals surface area contributed by atoms with Crippen molar-refractivity contribution in [1.82, 2.24) is 9.88 Å². The van der Waals surface area contributed by atoms with Crippen molar-refractivity contribution in [1.29, 1.82) is 0 Å². The lowest BCUT2D eigenvalue weighted by molar-refractivity contribution is 0.0163. The Hall–Kier alpha value is -2.44. The number of amides is 1. The molecule has 1 fully saturated rings. The van der Waals surface area contributed by atoms with Crippen LogP contribution in [0.1, 0.15) is 64.1 Å². The van der Waals surface area contributed by atoms with Gasteiger partial charge in [-0.1, -0.05) is 0 Å². The fourth-order valence-corrected chi connectivity index (χ4v) is 4.64. The number of aryl methyl sites for hydroxylation is 1. The molecule has 0 saturated carbocycles. The number of carbonyl (C=O) groups is 1. The maximum Gasteiger partial charge on any atom is 0.410 e. The molecule has 1 amide bonds. The molecule has 1 N–H and O–H groups in total. The number of piperidine rings is 1. The highest BCUT2D eigenvalue weighted by Crippen LogP contribution is 2.31. The van der Waals surface area contributed by atoms with Gasteiger partial charge in [0.1, 0.15) is 5.60 Å². The molecule has 0 radical (unpaired) electrons. The topological polar surface area (TPSA) is 57.7 Å². The number of likely N-dealkylation sites (tertiary alicyclic amines) is 1. The van der Waals surface area contributed by atoms with Crippen LogP contribution in [0.2, 0.25) is 0 Å². The minimum absolute atomic E-state index is 0.238. The number of hydrogen-bond acceptors (Lipinski definition) is 3. The minimum atomic E-state index is -0.837. The van der Waals surface area contributed by atoms with Crippen LogP contribution in [-0.4, -0.2) is 46.9 Å². The molecule has 2 aliphatic rings. The molecule has 5 nitrogen and oxygen atoms in total. The summed E-state index contributed by atoms with van der Waals surface area (Å²) in [4.78, 5) is 22.3. The van der Waals surface area contributed by atoms with E-state index in [4.69, 9.17) is 9.73 Å². The van der Waals surface area contributed by atoms with Crippen LogP contribution in [-0.2, 0) is 11.2 Å². The number of fused-ring (bicyclic) bond motifs is 3. The Morgan fingerprint density at radius 1 is 1.23 bits per heavy atom. The molecule has 0 bridgehead atoms. The third-order valence-electron chi connectivity index (χ3n) is 6.09. The number of aromatic amines is 1. The molecule has 1 aromatic carbocycles. The van der Waals surface area contributed by atoms with Gasteiger partial charge in [0, 0.05) is 36.6 Å². The van der Waals surface area contributed by atoms with Gasteiger partial charge < -0.3 is 14.6 Å². The number of benzene rings is 1. The molecule has 31 heavy (non-hydrogen) atoms. The second-order valence-electron chi connectivity index (χ2n) is 9.70. The van der Waals surface area contributed by atoms with Crippen LogP contribution >= 0.6 is 0 Å². The van der Waals surface area contributed by atoms with Crippen LogP contribution in [0.15, 0.2) is 17.1 Å². The predicted octanol–water partition coefficient (Wildman–Crippen LogP) is 5.61. The third-order valence-corrected chi connectivity index (χ3v) is 6.09. The van der Waals surface area contributed by atoms with Gasteiger partial charge in [0.15, 0.2) is 11.6 Å². The summed E-state index contributed by atoms with van der Waals surface area (Å²) in [5.74, 6) is -1.25. The number of H-pyrrole nitrogens is 1. The Morgan fingerprint density at radius 2 is 2.00 bits per heavy atom. The fraction of sp³-hybridized carbons (Fsp3) is 0.583. The molecule has 7 heteroatoms. The molecule has 1 aliphatic carbocycles. The first-order chi connectivity index (χ1) is 14.7. The molecule has 168 valence electrons. The summed E-state index contributed by atoms with van der Waals surface area (Å²) in [5, 5.41) is 0.751. The lowest BCUT2D eigenvalue weighted by Gasteiger charge is -2.34. The second-order valence-corrected chi connectivity index (χ2v) is 9.70. The van der Waals surface area contributed by atoms with Crippen LogP contribution in [0.3, 0.4) is 0 Å². The maximum atomic E-state index is 13.7. The summed E-state index contributed by atoms with van der Waals surface area (Å²) >= 11 is 0. The zero-order chi connectivity index (χ0) is 22.2. The Balaban J connectivity index is 1.41. The standard InChI is InChI=1S/C24H31F2N3O2/c1-24(2,3)31-23(30)29-11-5-6-15(14-29)9-10-27-20-8-4-7-16-17-12-18(25)19(26)13-21(17)28-22(16)20/h12-13,15,28H,4-11,14H2,1-3H3. The number of hydrogen-bond donors (Lipinski definition) is 1. The van der Waals surface area contributed by atoms with Crippen LogP contribution in [0.5, 0.6) is 0 Å². The maximum absolute atomic E-state index is 13.7. The number of ether oxygens (including phenoxy) is 1. The lowest BCUT2D eigenvalue weighted by atomic mass is 9.93. The highest BCUT2D eigenvalue weighted by molar-refractivity contribution is 6.06. The number of aliphatic imine (C=N–C) groups is 1. The molecule has 0 spiro atoms. The molecule has 1 atom stereocenters. The van der Waals surface area contributed by atoms with Gasteiger partial charge in [-0.3, -0.25) is 4.99 Å². The molecule has 1 saturated heterocycles. The first-order valence-electron chi connectivity index (χ1n) is 11.2. The summed E-state index contributed by atoms with van der Waals surface area (Å²) in [7, 11) is 0. The normalized spacial score (nSPS) is 20.9. The number of rotatable bonds is 3. The lowest BCUT2D eigenvalue weighted by Crippen LogP contribution is -2.43. The van der Waals surface area contributed by atoms with E-state index in [2.05, 4.69) is 4.98 Å². The van der Waals surface area contributed by atoms with Gasteiger partial charge in [0.2, 0.25) is 0 Å². The molecular formula is C24H31F2N3O2. The molecule has 1 aliphatic heterocycles. The summed E-state index contributed by atoms with van der Waals surface area (Å²) in [6, 6.07) is 2.52. The number of nitrogens with one attached hydrogen (secondary N) is 1. The summed E-state index contributed by atoms with van der Waals surface area (Å²) in [6.45, 7) is 7.77. The van der Waals surface area contributed by atoms with E-state index in [0.29, 0.717) is 24.5 Å². The van der Waals surface area contributed by atoms with Crippen LogP contribution < -0.4 is 0 Å². The van der Waals surface area contributed by atoms with Gasteiger partial charge in [-0.2, -0.15) is 0 Å².